The van der Waals surface area contributed by atoms with Gasteiger partial charge in [-0.1, -0.05) is 0 Å². The van der Waals surface area contributed by atoms with E-state index >= 15 is 0 Å². The fraction of sp³-hybridized carbons (Fsp3) is 0.455. The van der Waals surface area contributed by atoms with Crippen molar-refractivity contribution >= 4 is 23.0 Å². The average molecular weight is 239 g/mol. The smallest absolute Gasteiger partial charge is 0.213 e. The first kappa shape index (κ1) is 12.7. The zero-order valence-corrected chi connectivity index (χ0v) is 10.6. The highest BCUT2D eigenvalue weighted by Crippen LogP contribution is 2.11. The van der Waals surface area contributed by atoms with Gasteiger partial charge in [-0.3, -0.25) is 0 Å². The Hall–Kier alpha value is -1.36. The zero-order chi connectivity index (χ0) is 12.0. The predicted molar refractivity (Wildman–Crippen MR) is 69.9 cm³/mol. The van der Waals surface area contributed by atoms with E-state index in [0.29, 0.717) is 23.6 Å². The molecule has 0 aliphatic carbocycles. The first-order chi connectivity index (χ1) is 7.61. The molecule has 0 radical (unpaired) electrons. The number of rotatable bonds is 4. The molecule has 0 aliphatic rings. The fourth-order valence-corrected chi connectivity index (χ4v) is 1.47. The number of pyridine rings is 1. The quantitative estimate of drug-likeness (QED) is 0.789. The van der Waals surface area contributed by atoms with Gasteiger partial charge in [0.1, 0.15) is 0 Å². The minimum Gasteiger partial charge on any atom is -0.478 e. The summed E-state index contributed by atoms with van der Waals surface area (Å²) >= 11 is 5.12. The molecule has 1 heterocycles. The summed E-state index contributed by atoms with van der Waals surface area (Å²) in [4.78, 5) is 4.13. The van der Waals surface area contributed by atoms with Gasteiger partial charge < -0.3 is 15.4 Å². The van der Waals surface area contributed by atoms with Crippen LogP contribution in [0.4, 0.5) is 5.69 Å². The van der Waals surface area contributed by atoms with Crippen molar-refractivity contribution in [2.75, 3.05) is 11.9 Å². The summed E-state index contributed by atoms with van der Waals surface area (Å²) in [6, 6.07) is 4.01. The third kappa shape index (κ3) is 4.44. The van der Waals surface area contributed by atoms with Gasteiger partial charge in [0.15, 0.2) is 5.11 Å². The maximum Gasteiger partial charge on any atom is 0.213 e. The number of aromatic nitrogens is 1. The number of hydrogen-bond acceptors (Lipinski definition) is 3. The molecule has 0 fully saturated rings. The van der Waals surface area contributed by atoms with E-state index in [2.05, 4.69) is 15.6 Å². The highest BCUT2D eigenvalue weighted by atomic mass is 32.1. The molecule has 0 amide bonds. The molecule has 0 aromatic carbocycles. The second-order valence-corrected chi connectivity index (χ2v) is 3.98. The minimum atomic E-state index is 0.315. The Morgan fingerprint density at radius 3 is 2.75 bits per heavy atom. The molecule has 5 heteroatoms. The lowest BCUT2D eigenvalue weighted by Gasteiger charge is -2.12. The van der Waals surface area contributed by atoms with Crippen LogP contribution in [-0.2, 0) is 0 Å². The topological polar surface area (TPSA) is 46.2 Å². The maximum atomic E-state index is 5.24. The Labute approximate surface area is 101 Å². The van der Waals surface area contributed by atoms with Crippen LogP contribution in [0.3, 0.4) is 0 Å². The molecule has 4 nitrogen and oxygen atoms in total. The molecule has 0 unspecified atom stereocenters. The van der Waals surface area contributed by atoms with Crippen molar-refractivity contribution < 1.29 is 4.74 Å². The van der Waals surface area contributed by atoms with Gasteiger partial charge in [0.05, 0.1) is 18.5 Å². The van der Waals surface area contributed by atoms with Gasteiger partial charge in [-0.2, -0.15) is 0 Å². The summed E-state index contributed by atoms with van der Waals surface area (Å²) in [5.41, 5.74) is 0.849. The molecule has 0 saturated carbocycles. The number of hydrogen-bond donors (Lipinski definition) is 2. The standard InChI is InChI=1S/C11H17N3OS/c1-4-15-10-6-5-9(7-12-10)14-11(16)13-8(2)3/h5-8H,4H2,1-3H3,(H2,13,14,16). The van der Waals surface area contributed by atoms with Gasteiger partial charge in [-0.05, 0) is 39.1 Å². The molecule has 1 aromatic heterocycles. The van der Waals surface area contributed by atoms with E-state index in [0.717, 1.165) is 5.69 Å². The molecule has 0 aliphatic heterocycles. The highest BCUT2D eigenvalue weighted by Gasteiger charge is 2.00. The summed E-state index contributed by atoms with van der Waals surface area (Å²) in [6.07, 6.45) is 1.69. The second kappa shape index (κ2) is 6.27. The monoisotopic (exact) mass is 239 g/mol. The normalized spacial score (nSPS) is 10.0. The Bertz CT molecular complexity index is 338. The first-order valence-corrected chi connectivity index (χ1v) is 5.69. The van der Waals surface area contributed by atoms with Gasteiger partial charge >= 0.3 is 0 Å². The van der Waals surface area contributed by atoms with Crippen molar-refractivity contribution in [3.05, 3.63) is 18.3 Å². The van der Waals surface area contributed by atoms with Crippen molar-refractivity contribution in [1.82, 2.24) is 10.3 Å². The molecule has 0 spiro atoms. The Morgan fingerprint density at radius 1 is 1.50 bits per heavy atom. The van der Waals surface area contributed by atoms with Gasteiger partial charge in [-0.25, -0.2) is 4.98 Å². The number of nitrogens with one attached hydrogen (secondary N) is 2. The van der Waals surface area contributed by atoms with E-state index in [-0.39, 0.29) is 0 Å². The molecule has 2 N–H and O–H groups in total. The summed E-state index contributed by atoms with van der Waals surface area (Å²) in [5.74, 6) is 0.621. The van der Waals surface area contributed by atoms with Crippen LogP contribution in [0.15, 0.2) is 18.3 Å². The van der Waals surface area contributed by atoms with Gasteiger partial charge in [0.2, 0.25) is 5.88 Å². The van der Waals surface area contributed by atoms with Gasteiger partial charge in [-0.15, -0.1) is 0 Å². The van der Waals surface area contributed by atoms with Crippen molar-refractivity contribution in [3.8, 4) is 5.88 Å². The number of ether oxygens (including phenoxy) is 1. The van der Waals surface area contributed by atoms with Crippen LogP contribution in [0.2, 0.25) is 0 Å². The van der Waals surface area contributed by atoms with Crippen LogP contribution in [0.25, 0.3) is 0 Å². The Morgan fingerprint density at radius 2 is 2.25 bits per heavy atom. The zero-order valence-electron chi connectivity index (χ0n) is 9.78. The van der Waals surface area contributed by atoms with Gasteiger partial charge in [0, 0.05) is 12.1 Å². The molecule has 1 rings (SSSR count). The molecule has 16 heavy (non-hydrogen) atoms. The summed E-state index contributed by atoms with van der Waals surface area (Å²) in [7, 11) is 0. The van der Waals surface area contributed by atoms with E-state index < -0.39 is 0 Å². The summed E-state index contributed by atoms with van der Waals surface area (Å²) in [5, 5.41) is 6.74. The van der Waals surface area contributed by atoms with Crippen molar-refractivity contribution in [2.45, 2.75) is 26.8 Å². The van der Waals surface area contributed by atoms with Crippen molar-refractivity contribution in [2.24, 2.45) is 0 Å². The first-order valence-electron chi connectivity index (χ1n) is 5.28. The van der Waals surface area contributed by atoms with Gasteiger partial charge in [0.25, 0.3) is 0 Å². The van der Waals surface area contributed by atoms with Crippen LogP contribution in [0, 0.1) is 0 Å². The summed E-state index contributed by atoms with van der Waals surface area (Å²) in [6.45, 7) is 6.61. The third-order valence-electron chi connectivity index (χ3n) is 1.71. The van der Waals surface area contributed by atoms with E-state index in [9.17, 15) is 0 Å². The Balaban J connectivity index is 2.51. The van der Waals surface area contributed by atoms with Crippen molar-refractivity contribution in [1.29, 1.82) is 0 Å². The molecule has 1 aromatic rings. The van der Waals surface area contributed by atoms with E-state index in [1.54, 1.807) is 6.20 Å². The van der Waals surface area contributed by atoms with Crippen LogP contribution in [0.1, 0.15) is 20.8 Å². The average Bonchev–Trinajstić information content (AvgIpc) is 2.20. The Kier molecular flexibility index (Phi) is 4.98. The van der Waals surface area contributed by atoms with Crippen LogP contribution >= 0.6 is 12.2 Å². The largest absolute Gasteiger partial charge is 0.478 e. The molecular formula is C11H17N3OS. The third-order valence-corrected chi connectivity index (χ3v) is 1.93. The van der Waals surface area contributed by atoms with E-state index in [1.165, 1.54) is 0 Å². The van der Waals surface area contributed by atoms with E-state index in [1.807, 2.05) is 32.9 Å². The number of anilines is 1. The fourth-order valence-electron chi connectivity index (χ4n) is 1.12. The SMILES string of the molecule is CCOc1ccc(NC(=S)NC(C)C)cn1. The molecule has 0 saturated heterocycles. The number of nitrogens with zero attached hydrogens (tertiary/aromatic N) is 1. The van der Waals surface area contributed by atoms with Crippen LogP contribution in [0.5, 0.6) is 5.88 Å². The predicted octanol–water partition coefficient (Wildman–Crippen LogP) is 2.18. The lowest BCUT2D eigenvalue weighted by atomic mass is 10.4. The minimum absolute atomic E-state index is 0.315. The number of thiocarbonyl (C=S) groups is 1. The molecular weight excluding hydrogens is 222 g/mol. The van der Waals surface area contributed by atoms with Crippen molar-refractivity contribution in [3.63, 3.8) is 0 Å². The molecule has 0 bridgehead atoms. The lowest BCUT2D eigenvalue weighted by molar-refractivity contribution is 0.327. The molecule has 0 atom stereocenters. The van der Waals surface area contributed by atoms with E-state index in [4.69, 9.17) is 17.0 Å². The second-order valence-electron chi connectivity index (χ2n) is 3.57. The van der Waals surface area contributed by atoms with Crippen LogP contribution < -0.4 is 15.4 Å². The van der Waals surface area contributed by atoms with Crippen LogP contribution in [-0.4, -0.2) is 22.7 Å². The highest BCUT2D eigenvalue weighted by molar-refractivity contribution is 7.80. The maximum absolute atomic E-state index is 5.24. The molecule has 88 valence electrons. The summed E-state index contributed by atoms with van der Waals surface area (Å²) < 4.78 is 5.24. The lowest BCUT2D eigenvalue weighted by Crippen LogP contribution is -2.33.